The van der Waals surface area contributed by atoms with E-state index in [9.17, 15) is 4.79 Å². The lowest BCUT2D eigenvalue weighted by atomic mass is 10.1. The van der Waals surface area contributed by atoms with Crippen molar-refractivity contribution in [2.45, 2.75) is 33.3 Å². The van der Waals surface area contributed by atoms with Gasteiger partial charge in [-0.2, -0.15) is 0 Å². The molecule has 0 aliphatic heterocycles. The molecule has 5 nitrogen and oxygen atoms in total. The lowest BCUT2D eigenvalue weighted by Gasteiger charge is -2.05. The standard InChI is InChI=1S/C14H21N3O2/c1-10(2)3-8-13(15)17-19-9-11-4-6-12(7-5-11)14(16)18/h4-7,10H,3,8-9H2,1-2H3,(H2,15,17)(H2,16,18). The Morgan fingerprint density at radius 2 is 1.89 bits per heavy atom. The molecule has 4 N–H and O–H groups in total. The second-order valence-electron chi connectivity index (χ2n) is 4.85. The molecule has 1 aromatic rings. The monoisotopic (exact) mass is 263 g/mol. The van der Waals surface area contributed by atoms with Crippen molar-refractivity contribution in [1.82, 2.24) is 0 Å². The lowest BCUT2D eigenvalue weighted by Crippen LogP contribution is -2.13. The fourth-order valence-corrected chi connectivity index (χ4v) is 1.44. The number of hydrogen-bond acceptors (Lipinski definition) is 3. The quantitative estimate of drug-likeness (QED) is 0.448. The number of carbonyl (C=O) groups excluding carboxylic acids is 1. The van der Waals surface area contributed by atoms with Crippen LogP contribution in [0.5, 0.6) is 0 Å². The van der Waals surface area contributed by atoms with Crippen molar-refractivity contribution in [2.24, 2.45) is 22.5 Å². The van der Waals surface area contributed by atoms with E-state index in [-0.39, 0.29) is 0 Å². The molecule has 0 aliphatic rings. The molecule has 0 radical (unpaired) electrons. The van der Waals surface area contributed by atoms with Gasteiger partial charge in [0.15, 0.2) is 0 Å². The highest BCUT2D eigenvalue weighted by Gasteiger charge is 2.01. The van der Waals surface area contributed by atoms with Crippen molar-refractivity contribution in [3.8, 4) is 0 Å². The Bertz CT molecular complexity index is 439. The van der Waals surface area contributed by atoms with Gasteiger partial charge < -0.3 is 16.3 Å². The maximum absolute atomic E-state index is 10.9. The van der Waals surface area contributed by atoms with Gasteiger partial charge in [-0.15, -0.1) is 0 Å². The molecule has 0 fully saturated rings. The van der Waals surface area contributed by atoms with Crippen LogP contribution in [0.3, 0.4) is 0 Å². The SMILES string of the molecule is CC(C)CC/C(N)=N/OCc1ccc(C(N)=O)cc1. The zero-order chi connectivity index (χ0) is 14.3. The highest BCUT2D eigenvalue weighted by Crippen LogP contribution is 2.06. The van der Waals surface area contributed by atoms with Crippen LogP contribution in [0.4, 0.5) is 0 Å². The van der Waals surface area contributed by atoms with Gasteiger partial charge in [0.05, 0.1) is 0 Å². The predicted molar refractivity (Wildman–Crippen MR) is 75.4 cm³/mol. The van der Waals surface area contributed by atoms with E-state index in [0.717, 1.165) is 18.4 Å². The number of amidine groups is 1. The molecular formula is C14H21N3O2. The second-order valence-corrected chi connectivity index (χ2v) is 4.85. The molecule has 0 unspecified atom stereocenters. The first-order valence-electron chi connectivity index (χ1n) is 6.32. The molecule has 1 rings (SSSR count). The molecule has 0 heterocycles. The van der Waals surface area contributed by atoms with Crippen molar-refractivity contribution in [2.75, 3.05) is 0 Å². The Morgan fingerprint density at radius 3 is 2.42 bits per heavy atom. The molecule has 0 saturated carbocycles. The third-order valence-corrected chi connectivity index (χ3v) is 2.63. The summed E-state index contributed by atoms with van der Waals surface area (Å²) in [6.07, 6.45) is 1.73. The average molecular weight is 263 g/mol. The molecule has 5 heteroatoms. The number of rotatable bonds is 7. The zero-order valence-corrected chi connectivity index (χ0v) is 11.4. The van der Waals surface area contributed by atoms with Crippen LogP contribution in [0.15, 0.2) is 29.4 Å². The highest BCUT2D eigenvalue weighted by molar-refractivity contribution is 5.92. The summed E-state index contributed by atoms with van der Waals surface area (Å²) < 4.78 is 0. The van der Waals surface area contributed by atoms with E-state index >= 15 is 0 Å². The third kappa shape index (κ3) is 5.90. The van der Waals surface area contributed by atoms with Crippen molar-refractivity contribution < 1.29 is 9.63 Å². The van der Waals surface area contributed by atoms with Gasteiger partial charge in [0.25, 0.3) is 0 Å². The van der Waals surface area contributed by atoms with Gasteiger partial charge in [-0.05, 0) is 30.0 Å². The van der Waals surface area contributed by atoms with Gasteiger partial charge >= 0.3 is 0 Å². The van der Waals surface area contributed by atoms with E-state index in [4.69, 9.17) is 16.3 Å². The number of nitrogens with zero attached hydrogens (tertiary/aromatic N) is 1. The van der Waals surface area contributed by atoms with E-state index in [2.05, 4.69) is 19.0 Å². The van der Waals surface area contributed by atoms with Crippen LogP contribution in [0.25, 0.3) is 0 Å². The summed E-state index contributed by atoms with van der Waals surface area (Å²) in [5, 5.41) is 3.85. The van der Waals surface area contributed by atoms with Gasteiger partial charge in [-0.3, -0.25) is 4.79 Å². The summed E-state index contributed by atoms with van der Waals surface area (Å²) in [7, 11) is 0. The smallest absolute Gasteiger partial charge is 0.248 e. The van der Waals surface area contributed by atoms with Crippen LogP contribution in [-0.4, -0.2) is 11.7 Å². The lowest BCUT2D eigenvalue weighted by molar-refractivity contribution is 0.1000. The van der Waals surface area contributed by atoms with Gasteiger partial charge in [-0.25, -0.2) is 0 Å². The Hall–Kier alpha value is -2.04. The van der Waals surface area contributed by atoms with Gasteiger partial charge in [0.2, 0.25) is 5.91 Å². The minimum Gasteiger partial charge on any atom is -0.390 e. The summed E-state index contributed by atoms with van der Waals surface area (Å²) >= 11 is 0. The molecule has 0 aliphatic carbocycles. The first-order valence-corrected chi connectivity index (χ1v) is 6.32. The van der Waals surface area contributed by atoms with Crippen LogP contribution in [0.1, 0.15) is 42.6 Å². The maximum atomic E-state index is 10.9. The number of oxime groups is 1. The number of hydrogen-bond donors (Lipinski definition) is 2. The van der Waals surface area contributed by atoms with Crippen LogP contribution < -0.4 is 11.5 Å². The van der Waals surface area contributed by atoms with Crippen LogP contribution in [-0.2, 0) is 11.4 Å². The minimum absolute atomic E-state index is 0.321. The third-order valence-electron chi connectivity index (χ3n) is 2.63. The van der Waals surface area contributed by atoms with Crippen LogP contribution >= 0.6 is 0 Å². The summed E-state index contributed by atoms with van der Waals surface area (Å²) in [4.78, 5) is 16.1. The molecular weight excluding hydrogens is 242 g/mol. The first kappa shape index (κ1) is 15.0. The van der Waals surface area contributed by atoms with Gasteiger partial charge in [0.1, 0.15) is 12.4 Å². The van der Waals surface area contributed by atoms with Crippen molar-refractivity contribution in [1.29, 1.82) is 0 Å². The van der Waals surface area contributed by atoms with Gasteiger partial charge in [-0.1, -0.05) is 31.1 Å². The first-order chi connectivity index (χ1) is 8.99. The summed E-state index contributed by atoms with van der Waals surface area (Å²) in [5.74, 6) is 0.654. The molecule has 19 heavy (non-hydrogen) atoms. The molecule has 0 bridgehead atoms. The molecule has 104 valence electrons. The Balaban J connectivity index is 2.40. The Labute approximate surface area is 113 Å². The normalized spacial score (nSPS) is 11.6. The molecule has 0 atom stereocenters. The molecule has 0 aromatic heterocycles. The summed E-state index contributed by atoms with van der Waals surface area (Å²) in [5.41, 5.74) is 12.3. The van der Waals surface area contributed by atoms with Gasteiger partial charge in [0, 0.05) is 12.0 Å². The zero-order valence-electron chi connectivity index (χ0n) is 11.4. The van der Waals surface area contributed by atoms with Crippen molar-refractivity contribution in [3.05, 3.63) is 35.4 Å². The Kier molecular flexibility index (Phi) is 5.85. The number of carbonyl (C=O) groups is 1. The Morgan fingerprint density at radius 1 is 1.26 bits per heavy atom. The summed E-state index contributed by atoms with van der Waals surface area (Å²) in [6.45, 7) is 4.59. The molecule has 0 spiro atoms. The van der Waals surface area contributed by atoms with E-state index in [1.54, 1.807) is 24.3 Å². The average Bonchev–Trinajstić information content (AvgIpc) is 2.37. The molecule has 0 saturated heterocycles. The van der Waals surface area contributed by atoms with E-state index in [0.29, 0.717) is 23.9 Å². The molecule has 1 aromatic carbocycles. The fourth-order valence-electron chi connectivity index (χ4n) is 1.44. The number of primary amides is 1. The predicted octanol–water partition coefficient (Wildman–Crippen LogP) is 2.01. The minimum atomic E-state index is -0.441. The van der Waals surface area contributed by atoms with E-state index < -0.39 is 5.91 Å². The molecule has 1 amide bonds. The van der Waals surface area contributed by atoms with Crippen molar-refractivity contribution in [3.63, 3.8) is 0 Å². The van der Waals surface area contributed by atoms with Crippen molar-refractivity contribution >= 4 is 11.7 Å². The van der Waals surface area contributed by atoms with Crippen LogP contribution in [0.2, 0.25) is 0 Å². The van der Waals surface area contributed by atoms with E-state index in [1.165, 1.54) is 0 Å². The van der Waals surface area contributed by atoms with Crippen LogP contribution in [0, 0.1) is 5.92 Å². The number of benzene rings is 1. The van der Waals surface area contributed by atoms with E-state index in [1.807, 2.05) is 0 Å². The second kappa shape index (κ2) is 7.41. The topological polar surface area (TPSA) is 90.7 Å². The number of amides is 1. The maximum Gasteiger partial charge on any atom is 0.248 e. The highest BCUT2D eigenvalue weighted by atomic mass is 16.6. The summed E-state index contributed by atoms with van der Waals surface area (Å²) in [6, 6.07) is 6.87. The number of nitrogens with two attached hydrogens (primary N) is 2. The largest absolute Gasteiger partial charge is 0.390 e. The fraction of sp³-hybridized carbons (Fsp3) is 0.429.